The molecule has 0 aromatic heterocycles. The lowest BCUT2D eigenvalue weighted by Gasteiger charge is -2.09. The number of rotatable bonds is 5. The predicted octanol–water partition coefficient (Wildman–Crippen LogP) is 0.998. The first kappa shape index (κ1) is 13.5. The van der Waals surface area contributed by atoms with E-state index in [0.717, 1.165) is 24.1 Å². The molecule has 2 amide bonds. The van der Waals surface area contributed by atoms with Crippen LogP contribution in [0.15, 0.2) is 24.3 Å². The third-order valence-electron chi connectivity index (χ3n) is 3.02. The van der Waals surface area contributed by atoms with Gasteiger partial charge in [0, 0.05) is 18.2 Å². The second kappa shape index (κ2) is 5.84. The summed E-state index contributed by atoms with van der Waals surface area (Å²) in [7, 11) is 0. The van der Waals surface area contributed by atoms with Gasteiger partial charge in [-0.15, -0.1) is 0 Å². The Morgan fingerprint density at radius 3 is 2.79 bits per heavy atom. The van der Waals surface area contributed by atoms with Crippen LogP contribution in [0.1, 0.15) is 25.3 Å². The average Bonchev–Trinajstić information content (AvgIpc) is 3.20. The van der Waals surface area contributed by atoms with E-state index >= 15 is 0 Å². The summed E-state index contributed by atoms with van der Waals surface area (Å²) in [6, 6.07) is 6.95. The zero-order valence-corrected chi connectivity index (χ0v) is 11.0. The second-order valence-electron chi connectivity index (χ2n) is 4.97. The lowest BCUT2D eigenvalue weighted by atomic mass is 10.2. The summed E-state index contributed by atoms with van der Waals surface area (Å²) >= 11 is 0. The summed E-state index contributed by atoms with van der Waals surface area (Å²) < 4.78 is 0. The van der Waals surface area contributed by atoms with Gasteiger partial charge in [-0.25, -0.2) is 0 Å². The Balaban J connectivity index is 1.90. The molecule has 19 heavy (non-hydrogen) atoms. The highest BCUT2D eigenvalue weighted by molar-refractivity contribution is 5.94. The van der Waals surface area contributed by atoms with E-state index in [1.165, 1.54) is 0 Å². The number of anilines is 1. The summed E-state index contributed by atoms with van der Waals surface area (Å²) in [4.78, 5) is 23.0. The normalized spacial score (nSPS) is 15.7. The number of hydrogen-bond acceptors (Lipinski definition) is 3. The molecule has 0 saturated heterocycles. The minimum absolute atomic E-state index is 0.0803. The van der Waals surface area contributed by atoms with Gasteiger partial charge in [-0.1, -0.05) is 12.1 Å². The highest BCUT2D eigenvalue weighted by atomic mass is 16.2. The Hall–Kier alpha value is -1.88. The molecule has 1 aromatic carbocycles. The van der Waals surface area contributed by atoms with Crippen LogP contribution in [0.3, 0.4) is 0 Å². The quantitative estimate of drug-likeness (QED) is 0.739. The zero-order chi connectivity index (χ0) is 13.8. The van der Waals surface area contributed by atoms with Crippen LogP contribution in [0.2, 0.25) is 0 Å². The summed E-state index contributed by atoms with van der Waals surface area (Å²) in [5, 5.41) is 5.62. The van der Waals surface area contributed by atoms with Crippen molar-refractivity contribution < 1.29 is 9.59 Å². The van der Waals surface area contributed by atoms with Crippen LogP contribution < -0.4 is 16.4 Å². The van der Waals surface area contributed by atoms with Crippen molar-refractivity contribution in [3.8, 4) is 0 Å². The van der Waals surface area contributed by atoms with Crippen molar-refractivity contribution in [2.45, 2.75) is 32.4 Å². The number of hydrogen-bond donors (Lipinski definition) is 3. The SMILES string of the molecule is C[C@H](N)C(=O)NCc1cccc(NC(=O)C2CC2)c1. The highest BCUT2D eigenvalue weighted by Crippen LogP contribution is 2.30. The zero-order valence-electron chi connectivity index (χ0n) is 11.0. The molecule has 1 aliphatic rings. The monoisotopic (exact) mass is 261 g/mol. The first-order valence-corrected chi connectivity index (χ1v) is 6.49. The van der Waals surface area contributed by atoms with Crippen LogP contribution in [-0.2, 0) is 16.1 Å². The van der Waals surface area contributed by atoms with Crippen molar-refractivity contribution in [2.75, 3.05) is 5.32 Å². The van der Waals surface area contributed by atoms with Gasteiger partial charge in [-0.2, -0.15) is 0 Å². The number of nitrogens with one attached hydrogen (secondary N) is 2. The topological polar surface area (TPSA) is 84.2 Å². The largest absolute Gasteiger partial charge is 0.351 e. The maximum atomic E-state index is 11.6. The van der Waals surface area contributed by atoms with Crippen LogP contribution in [0, 0.1) is 5.92 Å². The van der Waals surface area contributed by atoms with Crippen molar-refractivity contribution in [1.29, 1.82) is 0 Å². The minimum atomic E-state index is -0.516. The van der Waals surface area contributed by atoms with Gasteiger partial charge in [0.15, 0.2) is 0 Å². The number of carbonyl (C=O) groups excluding carboxylic acids is 2. The fourth-order valence-electron chi connectivity index (χ4n) is 1.70. The highest BCUT2D eigenvalue weighted by Gasteiger charge is 2.29. The summed E-state index contributed by atoms with van der Waals surface area (Å²) in [5.41, 5.74) is 7.17. The molecule has 1 aromatic rings. The molecule has 4 N–H and O–H groups in total. The molecule has 1 atom stereocenters. The van der Waals surface area contributed by atoms with E-state index in [1.54, 1.807) is 6.92 Å². The summed E-state index contributed by atoms with van der Waals surface area (Å²) in [5.74, 6) is 0.0747. The van der Waals surface area contributed by atoms with E-state index < -0.39 is 6.04 Å². The molecule has 102 valence electrons. The van der Waals surface area contributed by atoms with E-state index in [1.807, 2.05) is 24.3 Å². The van der Waals surface area contributed by atoms with Gasteiger partial charge in [-0.3, -0.25) is 9.59 Å². The molecule has 2 rings (SSSR count). The third kappa shape index (κ3) is 4.06. The Morgan fingerprint density at radius 2 is 2.16 bits per heavy atom. The van der Waals surface area contributed by atoms with E-state index in [2.05, 4.69) is 10.6 Å². The fraction of sp³-hybridized carbons (Fsp3) is 0.429. The molecule has 5 heteroatoms. The Kier molecular flexibility index (Phi) is 4.16. The van der Waals surface area contributed by atoms with Crippen LogP contribution in [0.5, 0.6) is 0 Å². The first-order chi connectivity index (χ1) is 9.06. The fourth-order valence-corrected chi connectivity index (χ4v) is 1.70. The molecule has 0 unspecified atom stereocenters. The van der Waals surface area contributed by atoms with E-state index in [-0.39, 0.29) is 17.7 Å². The summed E-state index contributed by atoms with van der Waals surface area (Å²) in [6.07, 6.45) is 1.96. The van der Waals surface area contributed by atoms with E-state index in [0.29, 0.717) is 6.54 Å². The van der Waals surface area contributed by atoms with Crippen molar-refractivity contribution in [3.05, 3.63) is 29.8 Å². The lowest BCUT2D eigenvalue weighted by molar-refractivity contribution is -0.122. The molecule has 1 aliphatic carbocycles. The number of benzene rings is 1. The van der Waals surface area contributed by atoms with Crippen LogP contribution >= 0.6 is 0 Å². The maximum absolute atomic E-state index is 11.6. The molecule has 0 aliphatic heterocycles. The van der Waals surface area contributed by atoms with Crippen molar-refractivity contribution in [3.63, 3.8) is 0 Å². The molecule has 1 saturated carbocycles. The smallest absolute Gasteiger partial charge is 0.236 e. The first-order valence-electron chi connectivity index (χ1n) is 6.49. The van der Waals surface area contributed by atoms with Crippen LogP contribution in [-0.4, -0.2) is 17.9 Å². The second-order valence-corrected chi connectivity index (χ2v) is 4.97. The number of nitrogens with two attached hydrogens (primary N) is 1. The van der Waals surface area contributed by atoms with Gasteiger partial charge < -0.3 is 16.4 Å². The minimum Gasteiger partial charge on any atom is -0.351 e. The molecular weight excluding hydrogens is 242 g/mol. The van der Waals surface area contributed by atoms with Crippen molar-refractivity contribution >= 4 is 17.5 Å². The van der Waals surface area contributed by atoms with Gasteiger partial charge in [0.1, 0.15) is 0 Å². The lowest BCUT2D eigenvalue weighted by Crippen LogP contribution is -2.37. The van der Waals surface area contributed by atoms with Crippen LogP contribution in [0.25, 0.3) is 0 Å². The molecule has 5 nitrogen and oxygen atoms in total. The Morgan fingerprint density at radius 1 is 1.42 bits per heavy atom. The van der Waals surface area contributed by atoms with Gasteiger partial charge in [0.2, 0.25) is 11.8 Å². The van der Waals surface area contributed by atoms with E-state index in [9.17, 15) is 9.59 Å². The standard InChI is InChI=1S/C14H19N3O2/c1-9(15)13(18)16-8-10-3-2-4-12(7-10)17-14(19)11-5-6-11/h2-4,7,9,11H,5-6,8,15H2,1H3,(H,16,18)(H,17,19)/t9-/m0/s1. The van der Waals surface area contributed by atoms with Crippen molar-refractivity contribution in [1.82, 2.24) is 5.32 Å². The Labute approximate surface area is 112 Å². The molecule has 0 bridgehead atoms. The molecule has 0 radical (unpaired) electrons. The van der Waals surface area contributed by atoms with Gasteiger partial charge in [0.25, 0.3) is 0 Å². The summed E-state index contributed by atoms with van der Waals surface area (Å²) in [6.45, 7) is 2.05. The molecule has 0 spiro atoms. The van der Waals surface area contributed by atoms with Gasteiger partial charge in [-0.05, 0) is 37.5 Å². The van der Waals surface area contributed by atoms with Gasteiger partial charge >= 0.3 is 0 Å². The molecular formula is C14H19N3O2. The third-order valence-corrected chi connectivity index (χ3v) is 3.02. The van der Waals surface area contributed by atoms with E-state index in [4.69, 9.17) is 5.73 Å². The van der Waals surface area contributed by atoms with Crippen molar-refractivity contribution in [2.24, 2.45) is 11.7 Å². The molecule has 1 fully saturated rings. The number of amides is 2. The maximum Gasteiger partial charge on any atom is 0.236 e. The van der Waals surface area contributed by atoms with Crippen LogP contribution in [0.4, 0.5) is 5.69 Å². The predicted molar refractivity (Wildman–Crippen MR) is 73.3 cm³/mol. The Bertz CT molecular complexity index is 481. The number of carbonyl (C=O) groups is 2. The average molecular weight is 261 g/mol. The van der Waals surface area contributed by atoms with Gasteiger partial charge in [0.05, 0.1) is 6.04 Å². The molecule has 0 heterocycles.